The van der Waals surface area contributed by atoms with E-state index in [1.54, 1.807) is 0 Å². The van der Waals surface area contributed by atoms with Crippen LogP contribution >= 0.6 is 0 Å². The highest BCUT2D eigenvalue weighted by Gasteiger charge is 2.51. The van der Waals surface area contributed by atoms with Gasteiger partial charge in [0.15, 0.2) is 0 Å². The van der Waals surface area contributed by atoms with Crippen molar-refractivity contribution in [1.29, 1.82) is 0 Å². The SMILES string of the molecule is [2H]C1(c2ccc(-c3ccc(N(c4ccc5c(c4)C(C)(C)c4ccccc4-5)c4ccc5c(c4)C4(c6ccccc6-c6ccccc64)c4ccccc4-5)cc3)cc2)CC1. The first kappa shape index (κ1) is 30.8. The Morgan fingerprint density at radius 3 is 1.32 bits per heavy atom. The molecule has 0 saturated heterocycles. The molecule has 1 spiro atoms. The quantitative estimate of drug-likeness (QED) is 0.171. The summed E-state index contributed by atoms with van der Waals surface area (Å²) in [4.78, 5) is 2.47. The van der Waals surface area contributed by atoms with Crippen molar-refractivity contribution in [2.24, 2.45) is 0 Å². The molecule has 0 bridgehead atoms. The van der Waals surface area contributed by atoms with Gasteiger partial charge >= 0.3 is 0 Å². The highest BCUT2D eigenvalue weighted by Crippen LogP contribution is 2.63. The lowest BCUT2D eigenvalue weighted by Gasteiger charge is -2.32. The molecule has 12 rings (SSSR count). The fraction of sp³-hybridized carbons (Fsp3) is 0.127. The van der Waals surface area contributed by atoms with Gasteiger partial charge in [0.25, 0.3) is 0 Å². The maximum Gasteiger partial charge on any atom is 0.0726 e. The molecule has 1 fully saturated rings. The molecule has 1 saturated carbocycles. The zero-order valence-corrected chi connectivity index (χ0v) is 31.7. The molecule has 8 aromatic carbocycles. The summed E-state index contributed by atoms with van der Waals surface area (Å²) >= 11 is 0. The highest BCUT2D eigenvalue weighted by molar-refractivity contribution is 5.96. The lowest BCUT2D eigenvalue weighted by Crippen LogP contribution is -2.26. The summed E-state index contributed by atoms with van der Waals surface area (Å²) in [6.45, 7) is 4.73. The van der Waals surface area contributed by atoms with E-state index in [-0.39, 0.29) is 11.3 Å². The maximum absolute atomic E-state index is 8.61. The molecular formula is C55H41N. The van der Waals surface area contributed by atoms with Crippen LogP contribution < -0.4 is 4.90 Å². The van der Waals surface area contributed by atoms with Gasteiger partial charge in [0.1, 0.15) is 0 Å². The number of rotatable bonds is 5. The first-order valence-corrected chi connectivity index (χ1v) is 20.1. The Kier molecular flexibility index (Phi) is 6.36. The van der Waals surface area contributed by atoms with E-state index in [0.29, 0.717) is 0 Å². The summed E-state index contributed by atoms with van der Waals surface area (Å²) in [7, 11) is 0. The van der Waals surface area contributed by atoms with Crippen LogP contribution in [0.15, 0.2) is 182 Å². The molecule has 56 heavy (non-hydrogen) atoms. The molecular weight excluding hydrogens is 675 g/mol. The number of hydrogen-bond acceptors (Lipinski definition) is 1. The first-order valence-electron chi connectivity index (χ1n) is 20.6. The molecule has 0 amide bonds. The molecule has 0 aliphatic heterocycles. The topological polar surface area (TPSA) is 3.24 Å². The summed E-state index contributed by atoms with van der Waals surface area (Å²) < 4.78 is 8.61. The van der Waals surface area contributed by atoms with Gasteiger partial charge in [-0.2, -0.15) is 0 Å². The Balaban J connectivity index is 1.06. The predicted octanol–water partition coefficient (Wildman–Crippen LogP) is 14.4. The van der Waals surface area contributed by atoms with E-state index in [1.165, 1.54) is 77.9 Å². The van der Waals surface area contributed by atoms with Crippen LogP contribution in [0.2, 0.25) is 0 Å². The standard InChI is InChI=1S/C55H41N/c1-54(2)48-15-7-3-11-42(48)46-31-29-40(33-52(46)54)56(39-27-25-38(26-28-39)37-23-21-36(22-24-37)35-19-20-35)41-30-32-47-45-14-6-10-18-51(45)55(53(47)34-41)49-16-8-4-12-43(49)44-13-5-9-17-50(44)55/h3-18,21-35H,19-20H2,1-2H3/i35D. The average Bonchev–Trinajstić information content (AvgIpc) is 3.78. The van der Waals surface area contributed by atoms with Crippen molar-refractivity contribution in [2.45, 2.75) is 43.4 Å². The van der Waals surface area contributed by atoms with Gasteiger partial charge in [-0.15, -0.1) is 0 Å². The minimum absolute atomic E-state index is 0.122. The van der Waals surface area contributed by atoms with E-state index in [9.17, 15) is 0 Å². The second-order valence-corrected chi connectivity index (χ2v) is 16.6. The molecule has 8 aromatic rings. The Hall–Kier alpha value is -6.44. The van der Waals surface area contributed by atoms with Crippen molar-refractivity contribution in [3.8, 4) is 44.5 Å². The van der Waals surface area contributed by atoms with Gasteiger partial charge < -0.3 is 4.90 Å². The second kappa shape index (κ2) is 11.5. The van der Waals surface area contributed by atoms with Crippen LogP contribution in [-0.2, 0) is 10.8 Å². The van der Waals surface area contributed by atoms with Crippen LogP contribution in [0.25, 0.3) is 44.5 Å². The summed E-state index contributed by atoms with van der Waals surface area (Å²) in [5.41, 5.74) is 22.4. The highest BCUT2D eigenvalue weighted by atomic mass is 15.1. The van der Waals surface area contributed by atoms with Crippen molar-refractivity contribution in [2.75, 3.05) is 4.90 Å². The third-order valence-electron chi connectivity index (χ3n) is 13.3. The fourth-order valence-corrected chi connectivity index (χ4v) is 10.6. The van der Waals surface area contributed by atoms with Gasteiger partial charge in [0.2, 0.25) is 0 Å². The van der Waals surface area contributed by atoms with Crippen LogP contribution in [0.4, 0.5) is 17.1 Å². The second-order valence-electron chi connectivity index (χ2n) is 16.6. The Bertz CT molecular complexity index is 2880. The van der Waals surface area contributed by atoms with E-state index < -0.39 is 5.41 Å². The molecule has 0 unspecified atom stereocenters. The van der Waals surface area contributed by atoms with E-state index in [4.69, 9.17) is 1.37 Å². The van der Waals surface area contributed by atoms with Gasteiger partial charge in [0.05, 0.1) is 5.41 Å². The third-order valence-corrected chi connectivity index (χ3v) is 13.3. The monoisotopic (exact) mass is 716 g/mol. The molecule has 0 radical (unpaired) electrons. The van der Waals surface area contributed by atoms with Gasteiger partial charge in [0, 0.05) is 23.8 Å². The van der Waals surface area contributed by atoms with E-state index in [0.717, 1.165) is 35.5 Å². The number of benzene rings is 8. The molecule has 4 aliphatic rings. The lowest BCUT2D eigenvalue weighted by molar-refractivity contribution is 0.660. The third kappa shape index (κ3) is 4.32. The molecule has 1 nitrogen and oxygen atoms in total. The van der Waals surface area contributed by atoms with Crippen LogP contribution in [0, 0.1) is 0 Å². The number of nitrogens with zero attached hydrogens (tertiary/aromatic N) is 1. The Labute approximate surface area is 331 Å². The van der Waals surface area contributed by atoms with Crippen LogP contribution in [0.3, 0.4) is 0 Å². The average molecular weight is 717 g/mol. The van der Waals surface area contributed by atoms with E-state index >= 15 is 0 Å². The summed E-state index contributed by atoms with van der Waals surface area (Å²) in [5.74, 6) is -0.382. The zero-order valence-electron chi connectivity index (χ0n) is 32.7. The minimum atomic E-state index is -0.420. The van der Waals surface area contributed by atoms with Gasteiger partial charge in [-0.1, -0.05) is 159 Å². The number of anilines is 3. The fourth-order valence-electron chi connectivity index (χ4n) is 10.6. The molecule has 0 heterocycles. The summed E-state index contributed by atoms with van der Waals surface area (Å²) in [5, 5.41) is 0. The number of hydrogen-bond donors (Lipinski definition) is 0. The smallest absolute Gasteiger partial charge is 0.0726 e. The largest absolute Gasteiger partial charge is 0.310 e. The maximum atomic E-state index is 8.61. The van der Waals surface area contributed by atoms with Crippen molar-refractivity contribution in [3.63, 3.8) is 0 Å². The first-order chi connectivity index (χ1) is 27.9. The van der Waals surface area contributed by atoms with E-state index in [2.05, 4.69) is 201 Å². The van der Waals surface area contributed by atoms with Gasteiger partial charge in [-0.05, 0) is 139 Å². The van der Waals surface area contributed by atoms with Crippen molar-refractivity contribution >= 4 is 17.1 Å². The lowest BCUT2D eigenvalue weighted by atomic mass is 9.70. The normalized spacial score (nSPS) is 16.6. The van der Waals surface area contributed by atoms with Crippen LogP contribution in [-0.4, -0.2) is 0 Å². The molecule has 0 N–H and O–H groups in total. The van der Waals surface area contributed by atoms with Crippen molar-refractivity contribution in [3.05, 3.63) is 221 Å². The molecule has 266 valence electrons. The van der Waals surface area contributed by atoms with Gasteiger partial charge in [-0.25, -0.2) is 0 Å². The summed E-state index contributed by atoms with van der Waals surface area (Å²) in [6, 6.07) is 68.1. The van der Waals surface area contributed by atoms with Crippen molar-refractivity contribution < 1.29 is 1.37 Å². The zero-order chi connectivity index (χ0) is 38.1. The minimum Gasteiger partial charge on any atom is -0.310 e. The van der Waals surface area contributed by atoms with E-state index in [1.807, 2.05) is 0 Å². The molecule has 0 atom stereocenters. The number of fused-ring (bicyclic) bond motifs is 13. The van der Waals surface area contributed by atoms with Crippen molar-refractivity contribution in [1.82, 2.24) is 0 Å². The van der Waals surface area contributed by atoms with Crippen LogP contribution in [0.1, 0.15) is 72.9 Å². The summed E-state index contributed by atoms with van der Waals surface area (Å²) in [6.07, 6.45) is 1.91. The Morgan fingerprint density at radius 1 is 0.411 bits per heavy atom. The molecule has 4 aliphatic carbocycles. The van der Waals surface area contributed by atoms with Gasteiger partial charge in [-0.3, -0.25) is 0 Å². The molecule has 0 aromatic heterocycles. The van der Waals surface area contributed by atoms with Crippen LogP contribution in [0.5, 0.6) is 0 Å². The molecule has 1 heteroatoms. The predicted molar refractivity (Wildman–Crippen MR) is 232 cm³/mol. The Morgan fingerprint density at radius 2 is 0.804 bits per heavy atom.